The van der Waals surface area contributed by atoms with E-state index in [4.69, 9.17) is 27.9 Å². The zero-order valence-electron chi connectivity index (χ0n) is 12.9. The molecule has 5 nitrogen and oxygen atoms in total. The topological polar surface area (TPSA) is 60.7 Å². The molecule has 0 bridgehead atoms. The van der Waals surface area contributed by atoms with Gasteiger partial charge in [-0.2, -0.15) is 0 Å². The standard InChI is InChI=1S/C17H11Cl2FN2O3/c1-9-2-3-15-21-10(4-16(23)22(15)7-9)8-25-17(24)11-5-14(20)13(19)6-12(11)18/h2-7H,8H2,1H3. The lowest BCUT2D eigenvalue weighted by molar-refractivity contribution is 0.0467. The summed E-state index contributed by atoms with van der Waals surface area (Å²) in [6.07, 6.45) is 1.66. The van der Waals surface area contributed by atoms with Crippen molar-refractivity contribution in [2.45, 2.75) is 13.5 Å². The lowest BCUT2D eigenvalue weighted by Gasteiger charge is -2.08. The number of nitrogens with zero attached hydrogens (tertiary/aromatic N) is 2. The summed E-state index contributed by atoms with van der Waals surface area (Å²) in [7, 11) is 0. The summed E-state index contributed by atoms with van der Waals surface area (Å²) in [5, 5.41) is -0.223. The zero-order valence-corrected chi connectivity index (χ0v) is 14.4. The Bertz CT molecular complexity index is 1050. The van der Waals surface area contributed by atoms with Crippen LogP contribution in [0.5, 0.6) is 0 Å². The van der Waals surface area contributed by atoms with Gasteiger partial charge in [-0.05, 0) is 30.7 Å². The predicted octanol–water partition coefficient (Wildman–Crippen LogP) is 3.81. The Morgan fingerprint density at radius 1 is 1.24 bits per heavy atom. The molecule has 0 aliphatic carbocycles. The molecule has 3 rings (SSSR count). The Kier molecular flexibility index (Phi) is 4.74. The number of esters is 1. The van der Waals surface area contributed by atoms with Gasteiger partial charge in [-0.3, -0.25) is 9.20 Å². The van der Waals surface area contributed by atoms with Gasteiger partial charge in [-0.1, -0.05) is 29.3 Å². The fraction of sp³-hybridized carbons (Fsp3) is 0.118. The van der Waals surface area contributed by atoms with Crippen molar-refractivity contribution in [1.82, 2.24) is 9.38 Å². The molecule has 25 heavy (non-hydrogen) atoms. The lowest BCUT2D eigenvalue weighted by atomic mass is 10.2. The second-order valence-corrected chi connectivity index (χ2v) is 6.16. The number of carbonyl (C=O) groups is 1. The first kappa shape index (κ1) is 17.4. The third-order valence-electron chi connectivity index (χ3n) is 3.44. The maximum Gasteiger partial charge on any atom is 0.340 e. The highest BCUT2D eigenvalue weighted by Gasteiger charge is 2.16. The van der Waals surface area contributed by atoms with E-state index in [-0.39, 0.29) is 33.5 Å². The average Bonchev–Trinajstić information content (AvgIpc) is 2.56. The van der Waals surface area contributed by atoms with Gasteiger partial charge < -0.3 is 4.74 Å². The molecule has 2 aromatic heterocycles. The van der Waals surface area contributed by atoms with E-state index in [1.54, 1.807) is 12.3 Å². The summed E-state index contributed by atoms with van der Waals surface area (Å²) in [6, 6.07) is 6.79. The Labute approximate surface area is 151 Å². The van der Waals surface area contributed by atoms with Crippen LogP contribution in [0.2, 0.25) is 10.0 Å². The van der Waals surface area contributed by atoms with Crippen molar-refractivity contribution in [1.29, 1.82) is 0 Å². The van der Waals surface area contributed by atoms with Gasteiger partial charge in [-0.25, -0.2) is 14.2 Å². The summed E-state index contributed by atoms with van der Waals surface area (Å²) in [5.41, 5.74) is 1.16. The number of fused-ring (bicyclic) bond motifs is 1. The SMILES string of the molecule is Cc1ccc2nc(COC(=O)c3cc(F)c(Cl)cc3Cl)cc(=O)n2c1. The normalized spacial score (nSPS) is 10.9. The van der Waals surface area contributed by atoms with Crippen LogP contribution in [-0.4, -0.2) is 15.4 Å². The van der Waals surface area contributed by atoms with Crippen molar-refractivity contribution >= 4 is 34.8 Å². The maximum atomic E-state index is 13.5. The highest BCUT2D eigenvalue weighted by atomic mass is 35.5. The molecule has 0 radical (unpaired) electrons. The smallest absolute Gasteiger partial charge is 0.340 e. The molecule has 0 saturated carbocycles. The molecule has 128 valence electrons. The van der Waals surface area contributed by atoms with Gasteiger partial charge in [0, 0.05) is 12.3 Å². The first-order valence-electron chi connectivity index (χ1n) is 7.16. The van der Waals surface area contributed by atoms with Crippen LogP contribution in [0.3, 0.4) is 0 Å². The van der Waals surface area contributed by atoms with E-state index in [9.17, 15) is 14.0 Å². The van der Waals surface area contributed by atoms with E-state index in [1.807, 2.05) is 13.0 Å². The van der Waals surface area contributed by atoms with Gasteiger partial charge in [0.05, 0.1) is 21.3 Å². The van der Waals surface area contributed by atoms with Crippen LogP contribution in [0.15, 0.2) is 41.3 Å². The number of rotatable bonds is 3. The maximum absolute atomic E-state index is 13.5. The summed E-state index contributed by atoms with van der Waals surface area (Å²) in [5.74, 6) is -1.62. The average molecular weight is 381 g/mol. The second-order valence-electron chi connectivity index (χ2n) is 5.34. The predicted molar refractivity (Wildman–Crippen MR) is 91.7 cm³/mol. The largest absolute Gasteiger partial charge is 0.456 e. The van der Waals surface area contributed by atoms with Crippen molar-refractivity contribution < 1.29 is 13.9 Å². The van der Waals surface area contributed by atoms with Crippen molar-refractivity contribution in [2.75, 3.05) is 0 Å². The van der Waals surface area contributed by atoms with Crippen LogP contribution >= 0.6 is 23.2 Å². The van der Waals surface area contributed by atoms with Crippen LogP contribution < -0.4 is 5.56 Å². The van der Waals surface area contributed by atoms with Crippen LogP contribution in [0, 0.1) is 12.7 Å². The lowest BCUT2D eigenvalue weighted by Crippen LogP contribution is -2.17. The second kappa shape index (κ2) is 6.82. The molecule has 0 N–H and O–H groups in total. The minimum atomic E-state index is -0.841. The van der Waals surface area contributed by atoms with Crippen LogP contribution in [0.4, 0.5) is 4.39 Å². The number of hydrogen-bond acceptors (Lipinski definition) is 4. The third kappa shape index (κ3) is 3.65. The van der Waals surface area contributed by atoms with E-state index in [0.717, 1.165) is 17.7 Å². The van der Waals surface area contributed by atoms with Gasteiger partial charge in [-0.15, -0.1) is 0 Å². The molecule has 1 aromatic carbocycles. The number of benzene rings is 1. The summed E-state index contributed by atoms with van der Waals surface area (Å²) in [6.45, 7) is 1.61. The first-order valence-corrected chi connectivity index (χ1v) is 7.91. The zero-order chi connectivity index (χ0) is 18.1. The number of hydrogen-bond donors (Lipinski definition) is 0. The van der Waals surface area contributed by atoms with E-state index in [1.165, 1.54) is 10.5 Å². The summed E-state index contributed by atoms with van der Waals surface area (Å²) < 4.78 is 20.0. The molecule has 2 heterocycles. The molecular formula is C17H11Cl2FN2O3. The van der Waals surface area contributed by atoms with E-state index in [2.05, 4.69) is 4.98 Å². The number of aromatic nitrogens is 2. The van der Waals surface area contributed by atoms with Gasteiger partial charge in [0.25, 0.3) is 5.56 Å². The Morgan fingerprint density at radius 2 is 2.00 bits per heavy atom. The van der Waals surface area contributed by atoms with Crippen molar-refractivity contribution in [3.63, 3.8) is 0 Å². The van der Waals surface area contributed by atoms with Gasteiger partial charge in [0.15, 0.2) is 0 Å². The minimum absolute atomic E-state index is 0.0292. The van der Waals surface area contributed by atoms with E-state index in [0.29, 0.717) is 5.65 Å². The third-order valence-corrected chi connectivity index (χ3v) is 4.04. The molecule has 0 amide bonds. The highest BCUT2D eigenvalue weighted by molar-refractivity contribution is 6.36. The summed E-state index contributed by atoms with van der Waals surface area (Å²) in [4.78, 5) is 28.4. The molecule has 0 spiro atoms. The van der Waals surface area contributed by atoms with Crippen LogP contribution in [0.1, 0.15) is 21.6 Å². The van der Waals surface area contributed by atoms with Crippen molar-refractivity contribution in [3.8, 4) is 0 Å². The fourth-order valence-electron chi connectivity index (χ4n) is 2.23. The molecule has 8 heteroatoms. The number of halogens is 3. The molecule has 0 aliphatic rings. The minimum Gasteiger partial charge on any atom is -0.456 e. The first-order chi connectivity index (χ1) is 11.8. The van der Waals surface area contributed by atoms with Crippen LogP contribution in [0.25, 0.3) is 5.65 Å². The Morgan fingerprint density at radius 3 is 2.76 bits per heavy atom. The molecule has 0 unspecified atom stereocenters. The quantitative estimate of drug-likeness (QED) is 0.512. The summed E-state index contributed by atoms with van der Waals surface area (Å²) >= 11 is 11.5. The highest BCUT2D eigenvalue weighted by Crippen LogP contribution is 2.25. The number of ether oxygens (including phenoxy) is 1. The van der Waals surface area contributed by atoms with Gasteiger partial charge in [0.1, 0.15) is 18.1 Å². The van der Waals surface area contributed by atoms with Crippen molar-refractivity contribution in [2.24, 2.45) is 0 Å². The van der Waals surface area contributed by atoms with Crippen LogP contribution in [-0.2, 0) is 11.3 Å². The van der Waals surface area contributed by atoms with E-state index >= 15 is 0 Å². The molecule has 0 atom stereocenters. The number of carbonyl (C=O) groups excluding carboxylic acids is 1. The Hall–Kier alpha value is -2.44. The van der Waals surface area contributed by atoms with E-state index < -0.39 is 11.8 Å². The fourth-order valence-corrected chi connectivity index (χ4v) is 2.69. The van der Waals surface area contributed by atoms with Gasteiger partial charge >= 0.3 is 5.97 Å². The molecule has 0 fully saturated rings. The number of pyridine rings is 1. The molecule has 0 saturated heterocycles. The molecule has 3 aromatic rings. The monoisotopic (exact) mass is 380 g/mol. The molecule has 0 aliphatic heterocycles. The molecular weight excluding hydrogens is 370 g/mol. The number of aryl methyl sites for hydroxylation is 1. The van der Waals surface area contributed by atoms with Crippen molar-refractivity contribution in [3.05, 3.63) is 79.6 Å². The Balaban J connectivity index is 1.83. The van der Waals surface area contributed by atoms with Gasteiger partial charge in [0.2, 0.25) is 0 Å².